The Labute approximate surface area is 99.8 Å². The molecule has 0 aliphatic heterocycles. The number of aliphatic imine (C=N–C) groups is 2. The highest BCUT2D eigenvalue weighted by molar-refractivity contribution is 5.80. The van der Waals surface area contributed by atoms with Crippen LogP contribution < -0.4 is 5.32 Å². The minimum absolute atomic E-state index is 0.475. The summed E-state index contributed by atoms with van der Waals surface area (Å²) >= 11 is 0. The molecule has 0 saturated heterocycles. The molecule has 92 valence electrons. The maximum absolute atomic E-state index is 4.31. The molecule has 0 aromatic rings. The Morgan fingerprint density at radius 3 is 2.56 bits per heavy atom. The third-order valence-corrected chi connectivity index (χ3v) is 2.60. The van der Waals surface area contributed by atoms with Crippen LogP contribution in [0.15, 0.2) is 21.4 Å². The second kappa shape index (κ2) is 9.13. The van der Waals surface area contributed by atoms with Gasteiger partial charge in [0, 0.05) is 25.4 Å². The van der Waals surface area contributed by atoms with Gasteiger partial charge in [-0.3, -0.25) is 4.99 Å². The standard InChI is InChI=1S/C13H25N3/c1-6-8-9-11(3)12(10-16-7-2)13(14-4)15-5/h10-11,15H,4,6-9H2,1-3,5H3/b13-12-,16-10?. The van der Waals surface area contributed by atoms with Gasteiger partial charge in [0.2, 0.25) is 0 Å². The highest BCUT2D eigenvalue weighted by Gasteiger charge is 2.11. The van der Waals surface area contributed by atoms with Gasteiger partial charge in [0.1, 0.15) is 5.82 Å². The molecule has 0 aromatic carbocycles. The van der Waals surface area contributed by atoms with E-state index in [1.54, 1.807) is 0 Å². The molecule has 3 nitrogen and oxygen atoms in total. The second-order valence-electron chi connectivity index (χ2n) is 3.88. The molecule has 0 amide bonds. The molecular weight excluding hydrogens is 198 g/mol. The molecule has 0 radical (unpaired) electrons. The maximum atomic E-state index is 4.31. The summed E-state index contributed by atoms with van der Waals surface area (Å²) in [4.78, 5) is 8.32. The van der Waals surface area contributed by atoms with E-state index >= 15 is 0 Å². The van der Waals surface area contributed by atoms with Crippen LogP contribution >= 0.6 is 0 Å². The Balaban J connectivity index is 4.84. The molecule has 0 saturated carbocycles. The first kappa shape index (κ1) is 14.9. The van der Waals surface area contributed by atoms with Gasteiger partial charge in [-0.25, -0.2) is 4.99 Å². The van der Waals surface area contributed by atoms with Gasteiger partial charge in [-0.1, -0.05) is 26.7 Å². The van der Waals surface area contributed by atoms with Crippen LogP contribution in [0, 0.1) is 5.92 Å². The minimum Gasteiger partial charge on any atom is -0.373 e. The number of rotatable bonds is 8. The van der Waals surface area contributed by atoms with Crippen LogP contribution in [0.1, 0.15) is 40.0 Å². The molecule has 16 heavy (non-hydrogen) atoms. The van der Waals surface area contributed by atoms with Crippen LogP contribution in [0.2, 0.25) is 0 Å². The van der Waals surface area contributed by atoms with Crippen LogP contribution in [0.25, 0.3) is 0 Å². The van der Waals surface area contributed by atoms with Gasteiger partial charge >= 0.3 is 0 Å². The largest absolute Gasteiger partial charge is 0.373 e. The molecule has 0 aliphatic rings. The van der Waals surface area contributed by atoms with Crippen molar-refractivity contribution < 1.29 is 0 Å². The zero-order valence-corrected chi connectivity index (χ0v) is 11.1. The predicted molar refractivity (Wildman–Crippen MR) is 73.4 cm³/mol. The summed E-state index contributed by atoms with van der Waals surface area (Å²) in [6, 6.07) is 0. The van der Waals surface area contributed by atoms with Crippen molar-refractivity contribution in [2.45, 2.75) is 40.0 Å². The summed E-state index contributed by atoms with van der Waals surface area (Å²) in [5.41, 5.74) is 1.16. The third-order valence-electron chi connectivity index (χ3n) is 2.60. The van der Waals surface area contributed by atoms with Crippen LogP contribution in [-0.4, -0.2) is 26.5 Å². The molecule has 0 heterocycles. The number of unbranched alkanes of at least 4 members (excludes halogenated alkanes) is 1. The van der Waals surface area contributed by atoms with Gasteiger partial charge in [0.15, 0.2) is 0 Å². The third kappa shape index (κ3) is 5.10. The van der Waals surface area contributed by atoms with E-state index in [0.29, 0.717) is 5.92 Å². The number of nitrogens with zero attached hydrogens (tertiary/aromatic N) is 2. The number of hydrogen-bond donors (Lipinski definition) is 1. The minimum atomic E-state index is 0.475. The zero-order valence-electron chi connectivity index (χ0n) is 11.1. The van der Waals surface area contributed by atoms with Crippen molar-refractivity contribution in [3.05, 3.63) is 11.4 Å². The van der Waals surface area contributed by atoms with Crippen molar-refractivity contribution in [3.8, 4) is 0 Å². The zero-order chi connectivity index (χ0) is 12.4. The van der Waals surface area contributed by atoms with Gasteiger partial charge in [-0.2, -0.15) is 0 Å². The summed E-state index contributed by atoms with van der Waals surface area (Å²) in [5.74, 6) is 1.32. The molecule has 3 heteroatoms. The maximum Gasteiger partial charge on any atom is 0.129 e. The van der Waals surface area contributed by atoms with E-state index in [0.717, 1.165) is 17.9 Å². The Morgan fingerprint density at radius 2 is 2.12 bits per heavy atom. The van der Waals surface area contributed by atoms with Crippen molar-refractivity contribution in [1.82, 2.24) is 5.32 Å². The summed E-state index contributed by atoms with van der Waals surface area (Å²) in [5, 5.41) is 3.08. The molecule has 1 unspecified atom stereocenters. The van der Waals surface area contributed by atoms with E-state index in [-0.39, 0.29) is 0 Å². The normalized spacial score (nSPS) is 14.8. The van der Waals surface area contributed by atoms with Crippen molar-refractivity contribution in [3.63, 3.8) is 0 Å². The number of nitrogens with one attached hydrogen (secondary N) is 1. The van der Waals surface area contributed by atoms with Crippen molar-refractivity contribution >= 4 is 12.9 Å². The van der Waals surface area contributed by atoms with Crippen molar-refractivity contribution in [1.29, 1.82) is 0 Å². The lowest BCUT2D eigenvalue weighted by molar-refractivity contribution is 0.579. The Morgan fingerprint density at radius 1 is 1.44 bits per heavy atom. The van der Waals surface area contributed by atoms with E-state index in [9.17, 15) is 0 Å². The van der Waals surface area contributed by atoms with E-state index in [2.05, 4.69) is 35.9 Å². The van der Waals surface area contributed by atoms with Gasteiger partial charge < -0.3 is 5.32 Å². The fourth-order valence-electron chi connectivity index (χ4n) is 1.59. The quantitative estimate of drug-likeness (QED) is 0.631. The average molecular weight is 223 g/mol. The summed E-state index contributed by atoms with van der Waals surface area (Å²) in [7, 11) is 1.87. The van der Waals surface area contributed by atoms with Gasteiger partial charge in [0.25, 0.3) is 0 Å². The fraction of sp³-hybridized carbons (Fsp3) is 0.692. The smallest absolute Gasteiger partial charge is 0.129 e. The molecule has 0 rings (SSSR count). The summed E-state index contributed by atoms with van der Waals surface area (Å²) < 4.78 is 0. The first-order valence-corrected chi connectivity index (χ1v) is 6.09. The van der Waals surface area contributed by atoms with Gasteiger partial charge in [-0.05, 0) is 26.0 Å². The van der Waals surface area contributed by atoms with E-state index in [1.807, 2.05) is 20.2 Å². The van der Waals surface area contributed by atoms with E-state index < -0.39 is 0 Å². The Bertz CT molecular complexity index is 254. The van der Waals surface area contributed by atoms with E-state index in [1.165, 1.54) is 19.3 Å². The topological polar surface area (TPSA) is 36.8 Å². The van der Waals surface area contributed by atoms with Gasteiger partial charge in [0.05, 0.1) is 0 Å². The molecule has 0 aliphatic carbocycles. The summed E-state index contributed by atoms with van der Waals surface area (Å²) in [6.07, 6.45) is 5.56. The molecule has 0 aromatic heterocycles. The molecule has 1 N–H and O–H groups in total. The lowest BCUT2D eigenvalue weighted by Gasteiger charge is -2.15. The van der Waals surface area contributed by atoms with E-state index in [4.69, 9.17) is 0 Å². The fourth-order valence-corrected chi connectivity index (χ4v) is 1.59. The molecule has 0 bridgehead atoms. The second-order valence-corrected chi connectivity index (χ2v) is 3.88. The van der Waals surface area contributed by atoms with Crippen LogP contribution in [0.3, 0.4) is 0 Å². The Kier molecular flexibility index (Phi) is 8.49. The van der Waals surface area contributed by atoms with Crippen LogP contribution in [0.4, 0.5) is 0 Å². The van der Waals surface area contributed by atoms with Crippen molar-refractivity contribution in [2.75, 3.05) is 13.6 Å². The number of allylic oxidation sites excluding steroid dienone is 1. The van der Waals surface area contributed by atoms with Crippen LogP contribution in [0.5, 0.6) is 0 Å². The lowest BCUT2D eigenvalue weighted by Crippen LogP contribution is -2.13. The lowest BCUT2D eigenvalue weighted by atomic mass is 9.96. The Hall–Kier alpha value is -1.12. The highest BCUT2D eigenvalue weighted by Crippen LogP contribution is 2.19. The highest BCUT2D eigenvalue weighted by atomic mass is 15.0. The summed E-state index contributed by atoms with van der Waals surface area (Å²) in [6.45, 7) is 10.9. The monoisotopic (exact) mass is 223 g/mol. The van der Waals surface area contributed by atoms with Gasteiger partial charge in [-0.15, -0.1) is 0 Å². The van der Waals surface area contributed by atoms with Crippen LogP contribution in [-0.2, 0) is 0 Å². The first-order chi connectivity index (χ1) is 7.71. The molecule has 0 spiro atoms. The first-order valence-electron chi connectivity index (χ1n) is 6.09. The molecule has 1 atom stereocenters. The van der Waals surface area contributed by atoms with Crippen molar-refractivity contribution in [2.24, 2.45) is 15.9 Å². The SMILES string of the molecule is C=N/C(NC)=C(\C=NCC)C(C)CCCC. The average Bonchev–Trinajstić information content (AvgIpc) is 2.31. The number of hydrogen-bond acceptors (Lipinski definition) is 3. The predicted octanol–water partition coefficient (Wildman–Crippen LogP) is 3.04. The molecule has 0 fully saturated rings. The molecular formula is C13H25N3.